The van der Waals surface area contributed by atoms with Crippen LogP contribution in [0.4, 0.5) is 5.13 Å². The predicted octanol–water partition coefficient (Wildman–Crippen LogP) is 5.97. The Morgan fingerprint density at radius 3 is 2.58 bits per heavy atom. The molecule has 0 saturated carbocycles. The topological polar surface area (TPSA) is 51.2 Å². The van der Waals surface area contributed by atoms with Crippen LogP contribution in [-0.2, 0) is 4.79 Å². The number of benzene rings is 2. The number of halogens is 2. The van der Waals surface area contributed by atoms with Crippen LogP contribution in [-0.4, -0.2) is 17.5 Å². The van der Waals surface area contributed by atoms with Crippen LogP contribution in [0.3, 0.4) is 0 Å². The second-order valence-corrected chi connectivity index (χ2v) is 8.44. The molecule has 0 saturated heterocycles. The van der Waals surface area contributed by atoms with E-state index in [1.54, 1.807) is 0 Å². The lowest BCUT2D eigenvalue weighted by Gasteiger charge is -2.12. The van der Waals surface area contributed by atoms with Crippen LogP contribution in [0.25, 0.3) is 11.3 Å². The molecule has 1 heterocycles. The van der Waals surface area contributed by atoms with E-state index >= 15 is 0 Å². The monoisotopic (exact) mass is 494 g/mol. The number of aryl methyl sites for hydroxylation is 2. The van der Waals surface area contributed by atoms with Crippen LogP contribution in [0.15, 0.2) is 50.7 Å². The van der Waals surface area contributed by atoms with Crippen molar-refractivity contribution in [1.82, 2.24) is 4.98 Å². The molecule has 0 spiro atoms. The van der Waals surface area contributed by atoms with Crippen molar-refractivity contribution in [1.29, 1.82) is 0 Å². The smallest absolute Gasteiger partial charge is 0.264 e. The predicted molar refractivity (Wildman–Crippen MR) is 113 cm³/mol. The normalized spacial score (nSPS) is 10.6. The molecule has 0 atom stereocenters. The molecule has 0 fully saturated rings. The molecule has 3 aromatic rings. The van der Waals surface area contributed by atoms with Gasteiger partial charge in [-0.25, -0.2) is 4.98 Å². The lowest BCUT2D eigenvalue weighted by Crippen LogP contribution is -2.20. The Labute approximate surface area is 172 Å². The van der Waals surface area contributed by atoms with Crippen molar-refractivity contribution >= 4 is 54.2 Å². The lowest BCUT2D eigenvalue weighted by atomic mass is 10.1. The van der Waals surface area contributed by atoms with E-state index in [4.69, 9.17) is 4.74 Å². The van der Waals surface area contributed by atoms with Crippen LogP contribution in [0, 0.1) is 13.8 Å². The van der Waals surface area contributed by atoms with E-state index in [-0.39, 0.29) is 12.5 Å². The number of carbonyl (C=O) groups excluding carboxylic acids is 1. The summed E-state index contributed by atoms with van der Waals surface area (Å²) >= 11 is 8.29. The molecule has 0 aliphatic heterocycles. The minimum atomic E-state index is -0.234. The van der Waals surface area contributed by atoms with Crippen molar-refractivity contribution < 1.29 is 9.53 Å². The van der Waals surface area contributed by atoms with Gasteiger partial charge in [0.15, 0.2) is 11.7 Å². The van der Waals surface area contributed by atoms with Crippen molar-refractivity contribution in [3.63, 3.8) is 0 Å². The fourth-order valence-corrected chi connectivity index (χ4v) is 4.35. The van der Waals surface area contributed by atoms with Crippen LogP contribution in [0.2, 0.25) is 0 Å². The molecular formula is C19H16Br2N2O2S. The van der Waals surface area contributed by atoms with Crippen LogP contribution >= 0.6 is 43.2 Å². The van der Waals surface area contributed by atoms with E-state index in [2.05, 4.69) is 42.2 Å². The molecule has 26 heavy (non-hydrogen) atoms. The van der Waals surface area contributed by atoms with E-state index in [0.29, 0.717) is 5.13 Å². The standard InChI is InChI=1S/C19H16Br2N2O2S/c1-11-6-15(21)7-12(2)18(11)25-9-17(24)23-19-22-16(10-26-19)13-4-3-5-14(20)8-13/h3-8,10H,9H2,1-2H3,(H,22,23,24). The molecule has 0 aliphatic carbocycles. The van der Waals surface area contributed by atoms with Gasteiger partial charge in [-0.05, 0) is 49.2 Å². The highest BCUT2D eigenvalue weighted by molar-refractivity contribution is 9.10. The number of aromatic nitrogens is 1. The third-order valence-corrected chi connectivity index (χ3v) is 5.35. The van der Waals surface area contributed by atoms with Crippen LogP contribution in [0.1, 0.15) is 11.1 Å². The van der Waals surface area contributed by atoms with E-state index in [1.807, 2.05) is 55.6 Å². The van der Waals surface area contributed by atoms with Crippen molar-refractivity contribution in [2.45, 2.75) is 13.8 Å². The van der Waals surface area contributed by atoms with Gasteiger partial charge < -0.3 is 4.74 Å². The number of carbonyl (C=O) groups is 1. The molecule has 0 aliphatic rings. The Bertz CT molecular complexity index is 933. The van der Waals surface area contributed by atoms with Crippen LogP contribution < -0.4 is 10.1 Å². The largest absolute Gasteiger partial charge is 0.483 e. The molecule has 3 rings (SSSR count). The Hall–Kier alpha value is -1.70. The number of hydrogen-bond acceptors (Lipinski definition) is 4. The molecule has 1 N–H and O–H groups in total. The summed E-state index contributed by atoms with van der Waals surface area (Å²) in [5.41, 5.74) is 3.78. The van der Waals surface area contributed by atoms with Gasteiger partial charge in [-0.3, -0.25) is 10.1 Å². The summed E-state index contributed by atoms with van der Waals surface area (Å²) in [6, 6.07) is 11.8. The molecule has 1 aromatic heterocycles. The molecule has 4 nitrogen and oxygen atoms in total. The number of nitrogens with one attached hydrogen (secondary N) is 1. The Balaban J connectivity index is 1.63. The zero-order chi connectivity index (χ0) is 18.7. The molecule has 0 radical (unpaired) electrons. The van der Waals surface area contributed by atoms with E-state index in [1.165, 1.54) is 11.3 Å². The highest BCUT2D eigenvalue weighted by atomic mass is 79.9. The summed E-state index contributed by atoms with van der Waals surface area (Å²) in [5.74, 6) is 0.499. The number of anilines is 1. The van der Waals surface area contributed by atoms with Crippen molar-refractivity contribution in [2.75, 3.05) is 11.9 Å². The van der Waals surface area contributed by atoms with Gasteiger partial charge in [0.25, 0.3) is 5.91 Å². The van der Waals surface area contributed by atoms with Gasteiger partial charge in [-0.15, -0.1) is 11.3 Å². The van der Waals surface area contributed by atoms with Gasteiger partial charge in [0, 0.05) is 19.9 Å². The highest BCUT2D eigenvalue weighted by Gasteiger charge is 2.11. The first-order valence-corrected chi connectivity index (χ1v) is 10.3. The maximum atomic E-state index is 12.2. The molecule has 0 unspecified atom stereocenters. The summed E-state index contributed by atoms with van der Waals surface area (Å²) in [5, 5.41) is 5.26. The zero-order valence-corrected chi connectivity index (χ0v) is 18.2. The Kier molecular flexibility index (Phi) is 6.11. The zero-order valence-electron chi connectivity index (χ0n) is 14.2. The first-order chi connectivity index (χ1) is 12.4. The molecular weight excluding hydrogens is 480 g/mol. The lowest BCUT2D eigenvalue weighted by molar-refractivity contribution is -0.118. The number of amides is 1. The summed E-state index contributed by atoms with van der Waals surface area (Å²) in [7, 11) is 0. The van der Waals surface area contributed by atoms with Crippen molar-refractivity contribution in [2.24, 2.45) is 0 Å². The summed E-state index contributed by atoms with van der Waals surface area (Å²) in [6.45, 7) is 3.85. The van der Waals surface area contributed by atoms with Crippen LogP contribution in [0.5, 0.6) is 5.75 Å². The first-order valence-electron chi connectivity index (χ1n) is 7.83. The first kappa shape index (κ1) is 19.1. The van der Waals surface area contributed by atoms with Crippen molar-refractivity contribution in [3.05, 3.63) is 61.9 Å². The van der Waals surface area contributed by atoms with E-state index in [9.17, 15) is 4.79 Å². The molecule has 134 valence electrons. The SMILES string of the molecule is Cc1cc(Br)cc(C)c1OCC(=O)Nc1nc(-c2cccc(Br)c2)cs1. The quantitative estimate of drug-likeness (QED) is 0.474. The Morgan fingerprint density at radius 1 is 1.15 bits per heavy atom. The molecule has 7 heteroatoms. The van der Waals surface area contributed by atoms with Gasteiger partial charge in [0.2, 0.25) is 0 Å². The van der Waals surface area contributed by atoms with Gasteiger partial charge in [-0.2, -0.15) is 0 Å². The molecule has 2 aromatic carbocycles. The minimum absolute atomic E-state index is 0.0604. The van der Waals surface area contributed by atoms with Gasteiger partial charge in [0.1, 0.15) is 5.75 Å². The average molecular weight is 496 g/mol. The number of rotatable bonds is 5. The number of thiazole rings is 1. The highest BCUT2D eigenvalue weighted by Crippen LogP contribution is 2.28. The second-order valence-electron chi connectivity index (χ2n) is 5.75. The Morgan fingerprint density at radius 2 is 1.88 bits per heavy atom. The maximum Gasteiger partial charge on any atom is 0.264 e. The number of hydrogen-bond donors (Lipinski definition) is 1. The summed E-state index contributed by atoms with van der Waals surface area (Å²) in [6.07, 6.45) is 0. The second kappa shape index (κ2) is 8.33. The van der Waals surface area contributed by atoms with Gasteiger partial charge in [-0.1, -0.05) is 44.0 Å². The summed E-state index contributed by atoms with van der Waals surface area (Å²) < 4.78 is 7.68. The number of nitrogens with zero attached hydrogens (tertiary/aromatic N) is 1. The van der Waals surface area contributed by atoms with Gasteiger partial charge >= 0.3 is 0 Å². The molecule has 1 amide bonds. The number of ether oxygens (including phenoxy) is 1. The van der Waals surface area contributed by atoms with Gasteiger partial charge in [0.05, 0.1) is 5.69 Å². The molecule has 0 bridgehead atoms. The summed E-state index contributed by atoms with van der Waals surface area (Å²) in [4.78, 5) is 16.7. The van der Waals surface area contributed by atoms with E-state index < -0.39 is 0 Å². The fourth-order valence-electron chi connectivity index (χ4n) is 2.53. The minimum Gasteiger partial charge on any atom is -0.483 e. The fraction of sp³-hybridized carbons (Fsp3) is 0.158. The third kappa shape index (κ3) is 4.72. The van der Waals surface area contributed by atoms with Crippen molar-refractivity contribution in [3.8, 4) is 17.0 Å². The third-order valence-electron chi connectivity index (χ3n) is 3.64. The maximum absolute atomic E-state index is 12.2. The van der Waals surface area contributed by atoms with E-state index in [0.717, 1.165) is 37.1 Å². The average Bonchev–Trinajstić information content (AvgIpc) is 3.02.